The van der Waals surface area contributed by atoms with E-state index in [1.165, 1.54) is 24.7 Å². The zero-order chi connectivity index (χ0) is 10.1. The molecule has 1 unspecified atom stereocenters. The normalized spacial score (nSPS) is 12.9. The van der Waals surface area contributed by atoms with Gasteiger partial charge >= 0.3 is 0 Å². The topological polar surface area (TPSA) is 0 Å². The second-order valence-corrected chi connectivity index (χ2v) is 7.52. The maximum absolute atomic E-state index is 2.45. The molecule has 4 heteroatoms. The van der Waals surface area contributed by atoms with Gasteiger partial charge in [-0.2, -0.15) is 0 Å². The molecule has 0 aliphatic carbocycles. The molecule has 0 saturated heterocycles. The van der Waals surface area contributed by atoms with Crippen molar-refractivity contribution in [3.05, 3.63) is 0 Å². The van der Waals surface area contributed by atoms with Crippen LogP contribution in [-0.4, -0.2) is 35.3 Å². The summed E-state index contributed by atoms with van der Waals surface area (Å²) in [4.78, 5) is 0. The van der Waals surface area contributed by atoms with Gasteiger partial charge < -0.3 is 0 Å². The largest absolute Gasteiger partial charge is 0.139 e. The first-order chi connectivity index (χ1) is 6.26. The summed E-state index contributed by atoms with van der Waals surface area (Å²) in [7, 11) is 3.45. The van der Waals surface area contributed by atoms with E-state index >= 15 is 0 Å². The van der Waals surface area contributed by atoms with Crippen LogP contribution in [0.3, 0.4) is 0 Å². The Hall–Kier alpha value is 0.716. The minimum absolute atomic E-state index is 0.979. The van der Waals surface area contributed by atoms with E-state index in [9.17, 15) is 0 Å². The van der Waals surface area contributed by atoms with E-state index in [2.05, 4.69) is 26.6 Å². The highest BCUT2D eigenvalue weighted by atomic mass is 28.2. The van der Waals surface area contributed by atoms with Gasteiger partial charge in [0.15, 0.2) is 0 Å². The molecule has 0 aromatic heterocycles. The van der Waals surface area contributed by atoms with Crippen molar-refractivity contribution in [2.24, 2.45) is 0 Å². The molecule has 0 amide bonds. The van der Waals surface area contributed by atoms with Gasteiger partial charge in [-0.3, -0.25) is 0 Å². The molecule has 0 aliphatic rings. The predicted octanol–water partition coefficient (Wildman–Crippen LogP) is 2.92. The standard InChI is InChI=1S/C9H21BSi3/c1-9(13-4)10(5-7-11-2)6-8-12-3/h9H,5-8H2,1-4H3. The lowest BCUT2D eigenvalue weighted by Gasteiger charge is -2.18. The van der Waals surface area contributed by atoms with Crippen LogP contribution < -0.4 is 0 Å². The maximum Gasteiger partial charge on any atom is 0.139 e. The lowest BCUT2D eigenvalue weighted by atomic mass is 9.43. The van der Waals surface area contributed by atoms with E-state index in [0.29, 0.717) is 0 Å². The van der Waals surface area contributed by atoms with Crippen LogP contribution in [-0.2, 0) is 0 Å². The van der Waals surface area contributed by atoms with Crippen molar-refractivity contribution in [1.29, 1.82) is 0 Å². The fraction of sp³-hybridized carbons (Fsp3) is 1.00. The van der Waals surface area contributed by atoms with E-state index < -0.39 is 0 Å². The van der Waals surface area contributed by atoms with Gasteiger partial charge in [-0.15, -0.1) is 0 Å². The zero-order valence-electron chi connectivity index (χ0n) is 9.48. The van der Waals surface area contributed by atoms with Gasteiger partial charge in [-0.25, -0.2) is 0 Å². The highest BCUT2D eigenvalue weighted by Gasteiger charge is 2.18. The minimum atomic E-state index is 0.979. The molecule has 1 atom stereocenters. The molecule has 0 N–H and O–H groups in total. The molecule has 72 valence electrons. The summed E-state index contributed by atoms with van der Waals surface area (Å²) in [5.74, 6) is 0. The van der Waals surface area contributed by atoms with Crippen LogP contribution in [0.25, 0.3) is 0 Å². The van der Waals surface area contributed by atoms with E-state index in [0.717, 1.165) is 40.7 Å². The van der Waals surface area contributed by atoms with Crippen LogP contribution in [0.15, 0.2) is 0 Å². The fourth-order valence-corrected chi connectivity index (χ4v) is 3.66. The molecule has 0 fully saturated rings. The SMILES string of the molecule is C[Si]CCB(CC[Si]C)C(C)[Si]C. The van der Waals surface area contributed by atoms with Crippen molar-refractivity contribution in [3.63, 3.8) is 0 Å². The van der Waals surface area contributed by atoms with Crippen molar-refractivity contribution in [3.8, 4) is 0 Å². The molecule has 0 nitrogen and oxygen atoms in total. The lowest BCUT2D eigenvalue weighted by Crippen LogP contribution is -2.22. The molecule has 0 aromatic carbocycles. The van der Waals surface area contributed by atoms with E-state index in [-0.39, 0.29) is 0 Å². The third-order valence-corrected chi connectivity index (χ3v) is 5.65. The first-order valence-electron chi connectivity index (χ1n) is 5.22. The summed E-state index contributed by atoms with van der Waals surface area (Å²) in [6.07, 6.45) is 2.98. The summed E-state index contributed by atoms with van der Waals surface area (Å²) < 4.78 is 0. The molecule has 0 aromatic rings. The molecule has 6 radical (unpaired) electrons. The lowest BCUT2D eigenvalue weighted by molar-refractivity contribution is 1.17. The Labute approximate surface area is 92.2 Å². The zero-order valence-corrected chi connectivity index (χ0v) is 12.5. The predicted molar refractivity (Wildman–Crippen MR) is 69.3 cm³/mol. The molecule has 0 saturated carbocycles. The highest BCUT2D eigenvalue weighted by Crippen LogP contribution is 2.19. The molecule has 0 aliphatic heterocycles. The maximum atomic E-state index is 2.45. The number of rotatable bonds is 8. The summed E-state index contributed by atoms with van der Waals surface area (Å²) in [5.41, 5.74) is 0.979. The van der Waals surface area contributed by atoms with Crippen molar-refractivity contribution >= 4 is 35.3 Å². The summed E-state index contributed by atoms with van der Waals surface area (Å²) in [5, 5.41) is 0. The van der Waals surface area contributed by atoms with Gasteiger partial charge in [-0.1, -0.05) is 56.7 Å². The van der Waals surface area contributed by atoms with E-state index in [1.807, 2.05) is 0 Å². The highest BCUT2D eigenvalue weighted by molar-refractivity contribution is 6.72. The molecule has 0 rings (SSSR count). The quantitative estimate of drug-likeness (QED) is 0.556. The van der Waals surface area contributed by atoms with Gasteiger partial charge in [0, 0.05) is 28.6 Å². The summed E-state index contributed by atoms with van der Waals surface area (Å²) >= 11 is 0. The van der Waals surface area contributed by atoms with Gasteiger partial charge in [0.2, 0.25) is 0 Å². The van der Waals surface area contributed by atoms with Crippen LogP contribution in [0.2, 0.25) is 49.8 Å². The van der Waals surface area contributed by atoms with Gasteiger partial charge in [0.05, 0.1) is 0 Å². The van der Waals surface area contributed by atoms with Crippen molar-refractivity contribution in [2.45, 2.75) is 56.7 Å². The van der Waals surface area contributed by atoms with Crippen LogP contribution in [0, 0.1) is 0 Å². The van der Waals surface area contributed by atoms with Crippen LogP contribution in [0.4, 0.5) is 0 Å². The van der Waals surface area contributed by atoms with Crippen molar-refractivity contribution in [2.75, 3.05) is 0 Å². The monoisotopic (exact) mass is 224 g/mol. The Balaban J connectivity index is 3.72. The summed E-state index contributed by atoms with van der Waals surface area (Å²) in [6.45, 7) is 10.5. The average Bonchev–Trinajstić information content (AvgIpc) is 2.17. The third-order valence-electron chi connectivity index (χ3n) is 2.69. The van der Waals surface area contributed by atoms with Crippen LogP contribution in [0.5, 0.6) is 0 Å². The Morgan fingerprint density at radius 1 is 1.00 bits per heavy atom. The first kappa shape index (κ1) is 13.7. The Kier molecular flexibility index (Phi) is 9.79. The minimum Gasteiger partial charge on any atom is -0.0770 e. The molecule has 0 spiro atoms. The second-order valence-electron chi connectivity index (χ2n) is 3.62. The summed E-state index contributed by atoms with van der Waals surface area (Å²) in [6, 6.07) is 2.93. The van der Waals surface area contributed by atoms with Gasteiger partial charge in [-0.05, 0) is 0 Å². The molecular weight excluding hydrogens is 203 g/mol. The van der Waals surface area contributed by atoms with Gasteiger partial charge in [0.1, 0.15) is 6.71 Å². The Morgan fingerprint density at radius 2 is 1.46 bits per heavy atom. The fourth-order valence-electron chi connectivity index (χ4n) is 1.54. The molecule has 0 bridgehead atoms. The molecule has 13 heavy (non-hydrogen) atoms. The van der Waals surface area contributed by atoms with E-state index in [1.54, 1.807) is 0 Å². The average molecular weight is 224 g/mol. The van der Waals surface area contributed by atoms with Crippen LogP contribution >= 0.6 is 0 Å². The third kappa shape index (κ3) is 6.74. The van der Waals surface area contributed by atoms with E-state index in [4.69, 9.17) is 0 Å². The van der Waals surface area contributed by atoms with Gasteiger partial charge in [0.25, 0.3) is 0 Å². The van der Waals surface area contributed by atoms with Crippen LogP contribution in [0.1, 0.15) is 6.92 Å². The smallest absolute Gasteiger partial charge is 0.0770 e. The Morgan fingerprint density at radius 3 is 1.77 bits per heavy atom. The van der Waals surface area contributed by atoms with Crippen molar-refractivity contribution in [1.82, 2.24) is 0 Å². The first-order valence-corrected chi connectivity index (χ1v) is 10.2. The number of hydrogen-bond donors (Lipinski definition) is 0. The van der Waals surface area contributed by atoms with Crippen molar-refractivity contribution < 1.29 is 0 Å². The molecular formula is C9H21BSi3. The number of hydrogen-bond acceptors (Lipinski definition) is 0. The molecule has 0 heterocycles. The second kappa shape index (κ2) is 9.28. The Bertz CT molecular complexity index is 103.